The predicted octanol–water partition coefficient (Wildman–Crippen LogP) is 2.55. The van der Waals surface area contributed by atoms with Crippen LogP contribution in [0.4, 0.5) is 5.69 Å². The summed E-state index contributed by atoms with van der Waals surface area (Å²) in [7, 11) is 3.99. The second-order valence-corrected chi connectivity index (χ2v) is 6.24. The van der Waals surface area contributed by atoms with Crippen LogP contribution in [0, 0.1) is 0 Å². The number of aliphatic imine (C=N–C) groups is 1. The van der Waals surface area contributed by atoms with Crippen molar-refractivity contribution in [1.82, 2.24) is 10.6 Å². The van der Waals surface area contributed by atoms with E-state index in [0.717, 1.165) is 51.6 Å². The van der Waals surface area contributed by atoms with E-state index in [1.165, 1.54) is 29.7 Å². The summed E-state index contributed by atoms with van der Waals surface area (Å²) in [6.45, 7) is 6.55. The number of anilines is 1. The molecule has 0 fully saturated rings. The molecule has 0 unspecified atom stereocenters. The van der Waals surface area contributed by atoms with Gasteiger partial charge in [-0.05, 0) is 49.8 Å². The number of hydrogen-bond acceptors (Lipinski definition) is 3. The van der Waals surface area contributed by atoms with E-state index in [0.29, 0.717) is 0 Å². The Balaban J connectivity index is 1.75. The highest BCUT2D eigenvalue weighted by atomic mass is 16.5. The Hall–Kier alpha value is -1.75. The van der Waals surface area contributed by atoms with Gasteiger partial charge in [0.2, 0.25) is 0 Å². The monoisotopic (exact) mass is 332 g/mol. The molecule has 0 radical (unpaired) electrons. The molecule has 0 atom stereocenters. The predicted molar refractivity (Wildman–Crippen MR) is 102 cm³/mol. The lowest BCUT2D eigenvalue weighted by Crippen LogP contribution is -2.37. The second-order valence-electron chi connectivity index (χ2n) is 6.24. The Morgan fingerprint density at radius 3 is 2.96 bits per heavy atom. The van der Waals surface area contributed by atoms with Crippen LogP contribution in [0.2, 0.25) is 0 Å². The molecular formula is C19H32N4O. The van der Waals surface area contributed by atoms with Gasteiger partial charge in [-0.3, -0.25) is 4.99 Å². The molecule has 0 aromatic heterocycles. The van der Waals surface area contributed by atoms with Crippen LogP contribution < -0.4 is 15.5 Å². The highest BCUT2D eigenvalue weighted by Crippen LogP contribution is 2.26. The van der Waals surface area contributed by atoms with Crippen LogP contribution >= 0.6 is 0 Å². The number of rotatable bonds is 8. The van der Waals surface area contributed by atoms with Gasteiger partial charge in [0.1, 0.15) is 0 Å². The maximum absolute atomic E-state index is 5.35. The summed E-state index contributed by atoms with van der Waals surface area (Å²) in [6, 6.07) is 6.78. The fraction of sp³-hybridized carbons (Fsp3) is 0.632. The molecule has 1 heterocycles. The summed E-state index contributed by atoms with van der Waals surface area (Å²) in [5.41, 5.74) is 4.15. The maximum atomic E-state index is 5.35. The van der Waals surface area contributed by atoms with Gasteiger partial charge < -0.3 is 20.3 Å². The van der Waals surface area contributed by atoms with Crippen LogP contribution in [0.15, 0.2) is 23.2 Å². The van der Waals surface area contributed by atoms with Crippen molar-refractivity contribution in [2.45, 2.75) is 39.2 Å². The molecule has 5 nitrogen and oxygen atoms in total. The Labute approximate surface area is 146 Å². The first-order valence-corrected chi connectivity index (χ1v) is 9.09. The van der Waals surface area contributed by atoms with Gasteiger partial charge in [-0.15, -0.1) is 0 Å². The van der Waals surface area contributed by atoms with Gasteiger partial charge in [0.05, 0.1) is 0 Å². The zero-order chi connectivity index (χ0) is 17.2. The topological polar surface area (TPSA) is 48.9 Å². The standard InChI is InChI=1S/C19H32N4O/c1-4-24-13-6-5-11-21-19(20-2)22-15-16-9-10-18-17(14-16)8-7-12-23(18)3/h9-10,14H,4-8,11-13,15H2,1-3H3,(H2,20,21,22). The SMILES string of the molecule is CCOCCCCNC(=NC)NCc1ccc2c(c1)CCCN2C. The highest BCUT2D eigenvalue weighted by molar-refractivity contribution is 5.79. The zero-order valence-electron chi connectivity index (χ0n) is 15.4. The smallest absolute Gasteiger partial charge is 0.191 e. The van der Waals surface area contributed by atoms with Crippen LogP contribution in [0.25, 0.3) is 0 Å². The van der Waals surface area contributed by atoms with E-state index in [1.54, 1.807) is 0 Å². The normalized spacial score (nSPS) is 14.5. The number of fused-ring (bicyclic) bond motifs is 1. The lowest BCUT2D eigenvalue weighted by atomic mass is 9.99. The van der Waals surface area contributed by atoms with Crippen molar-refractivity contribution in [2.75, 3.05) is 45.3 Å². The average molecular weight is 332 g/mol. The number of nitrogens with one attached hydrogen (secondary N) is 2. The third-order valence-electron chi connectivity index (χ3n) is 4.39. The summed E-state index contributed by atoms with van der Waals surface area (Å²) in [4.78, 5) is 6.64. The molecule has 0 saturated carbocycles. The highest BCUT2D eigenvalue weighted by Gasteiger charge is 2.13. The van der Waals surface area contributed by atoms with Crippen molar-refractivity contribution in [3.63, 3.8) is 0 Å². The first-order valence-electron chi connectivity index (χ1n) is 9.09. The number of guanidine groups is 1. The molecule has 24 heavy (non-hydrogen) atoms. The third kappa shape index (κ3) is 5.71. The quantitative estimate of drug-likeness (QED) is 0.436. The fourth-order valence-electron chi connectivity index (χ4n) is 3.04. The minimum absolute atomic E-state index is 0.799. The molecule has 1 aliphatic rings. The number of aryl methyl sites for hydroxylation is 1. The molecule has 134 valence electrons. The third-order valence-corrected chi connectivity index (χ3v) is 4.39. The Morgan fingerprint density at radius 1 is 1.29 bits per heavy atom. The van der Waals surface area contributed by atoms with E-state index < -0.39 is 0 Å². The van der Waals surface area contributed by atoms with E-state index >= 15 is 0 Å². The lowest BCUT2D eigenvalue weighted by Gasteiger charge is -2.28. The van der Waals surface area contributed by atoms with Gasteiger partial charge in [-0.25, -0.2) is 0 Å². The van der Waals surface area contributed by atoms with Gasteiger partial charge in [-0.2, -0.15) is 0 Å². The zero-order valence-corrected chi connectivity index (χ0v) is 15.4. The minimum Gasteiger partial charge on any atom is -0.382 e. The maximum Gasteiger partial charge on any atom is 0.191 e. The number of unbranched alkanes of at least 4 members (excludes halogenated alkanes) is 1. The summed E-state index contributed by atoms with van der Waals surface area (Å²) >= 11 is 0. The van der Waals surface area contributed by atoms with E-state index in [1.807, 2.05) is 14.0 Å². The van der Waals surface area contributed by atoms with E-state index in [-0.39, 0.29) is 0 Å². The van der Waals surface area contributed by atoms with E-state index in [2.05, 4.69) is 45.8 Å². The fourth-order valence-corrected chi connectivity index (χ4v) is 3.04. The van der Waals surface area contributed by atoms with Crippen LogP contribution in [0.5, 0.6) is 0 Å². The van der Waals surface area contributed by atoms with Crippen molar-refractivity contribution in [3.8, 4) is 0 Å². The second kappa shape index (κ2) is 10.2. The lowest BCUT2D eigenvalue weighted by molar-refractivity contribution is 0.143. The van der Waals surface area contributed by atoms with Gasteiger partial charge in [0.15, 0.2) is 5.96 Å². The number of ether oxygens (including phenoxy) is 1. The van der Waals surface area contributed by atoms with Crippen LogP contribution in [-0.2, 0) is 17.7 Å². The first kappa shape index (κ1) is 18.6. The van der Waals surface area contributed by atoms with Crippen molar-refractivity contribution in [2.24, 2.45) is 4.99 Å². The number of hydrogen-bond donors (Lipinski definition) is 2. The Morgan fingerprint density at radius 2 is 2.17 bits per heavy atom. The number of benzene rings is 1. The van der Waals surface area contributed by atoms with E-state index in [4.69, 9.17) is 4.74 Å². The Kier molecular flexibility index (Phi) is 7.89. The van der Waals surface area contributed by atoms with E-state index in [9.17, 15) is 0 Å². The number of nitrogens with zero attached hydrogens (tertiary/aromatic N) is 2. The molecule has 1 aromatic carbocycles. The molecule has 0 amide bonds. The van der Waals surface area contributed by atoms with Crippen LogP contribution in [0.1, 0.15) is 37.3 Å². The van der Waals surface area contributed by atoms with Crippen molar-refractivity contribution >= 4 is 11.6 Å². The van der Waals surface area contributed by atoms with Gasteiger partial charge in [0, 0.05) is 52.6 Å². The van der Waals surface area contributed by atoms with Crippen molar-refractivity contribution in [3.05, 3.63) is 29.3 Å². The van der Waals surface area contributed by atoms with Gasteiger partial charge in [0.25, 0.3) is 0 Å². The van der Waals surface area contributed by atoms with Crippen molar-refractivity contribution in [1.29, 1.82) is 0 Å². The Bertz CT molecular complexity index is 530. The summed E-state index contributed by atoms with van der Waals surface area (Å²) < 4.78 is 5.35. The van der Waals surface area contributed by atoms with Gasteiger partial charge >= 0.3 is 0 Å². The molecule has 0 aliphatic carbocycles. The molecule has 0 bridgehead atoms. The molecule has 1 aromatic rings. The molecular weight excluding hydrogens is 300 g/mol. The van der Waals surface area contributed by atoms with Crippen molar-refractivity contribution < 1.29 is 4.74 Å². The molecule has 2 N–H and O–H groups in total. The summed E-state index contributed by atoms with van der Waals surface area (Å²) in [5.74, 6) is 0.862. The molecule has 0 spiro atoms. The summed E-state index contributed by atoms with van der Waals surface area (Å²) in [5, 5.41) is 6.76. The molecule has 1 aliphatic heterocycles. The summed E-state index contributed by atoms with van der Waals surface area (Å²) in [6.07, 6.45) is 4.59. The molecule has 5 heteroatoms. The minimum atomic E-state index is 0.799. The molecule has 0 saturated heterocycles. The largest absolute Gasteiger partial charge is 0.382 e. The van der Waals surface area contributed by atoms with Gasteiger partial charge in [-0.1, -0.05) is 12.1 Å². The first-order chi connectivity index (χ1) is 11.7. The average Bonchev–Trinajstić information content (AvgIpc) is 2.60. The molecule has 2 rings (SSSR count). The van der Waals surface area contributed by atoms with Crippen LogP contribution in [-0.4, -0.2) is 46.4 Å². The van der Waals surface area contributed by atoms with Crippen LogP contribution in [0.3, 0.4) is 0 Å².